The zero-order chi connectivity index (χ0) is 11.7. The van der Waals surface area contributed by atoms with Crippen LogP contribution in [0.4, 0.5) is 0 Å². The molecule has 0 aliphatic heterocycles. The largest absolute Gasteiger partial charge is 0.361 e. The van der Waals surface area contributed by atoms with Crippen molar-refractivity contribution in [3.8, 4) is 0 Å². The summed E-state index contributed by atoms with van der Waals surface area (Å²) >= 11 is 0. The second kappa shape index (κ2) is 8.38. The molecule has 0 aliphatic rings. The minimum absolute atomic E-state index is 0.0971. The molecule has 15 heavy (non-hydrogen) atoms. The van der Waals surface area contributed by atoms with Crippen LogP contribution in [0, 0.1) is 0 Å². The minimum Gasteiger partial charge on any atom is -0.361 e. The van der Waals surface area contributed by atoms with Gasteiger partial charge in [-0.2, -0.15) is 0 Å². The second-order valence-electron chi connectivity index (χ2n) is 3.06. The van der Waals surface area contributed by atoms with Crippen LogP contribution >= 0.6 is 0 Å². The molecule has 0 aromatic rings. The van der Waals surface area contributed by atoms with Crippen molar-refractivity contribution in [2.45, 2.75) is 27.2 Å². The van der Waals surface area contributed by atoms with E-state index in [2.05, 4.69) is 0 Å². The molecule has 0 saturated heterocycles. The molecule has 0 aromatic carbocycles. The molecule has 0 bridgehead atoms. The highest BCUT2D eigenvalue weighted by atomic mass is 16.5. The molecule has 0 spiro atoms. The summed E-state index contributed by atoms with van der Waals surface area (Å²) in [7, 11) is 0. The Morgan fingerprint density at radius 2 is 1.53 bits per heavy atom. The maximum Gasteiger partial charge on any atom is 0.233 e. The highest BCUT2D eigenvalue weighted by Gasteiger charge is 2.14. The van der Waals surface area contributed by atoms with Crippen LogP contribution < -0.4 is 0 Å². The summed E-state index contributed by atoms with van der Waals surface area (Å²) in [6.07, 6.45) is -0.0971. The van der Waals surface area contributed by atoms with E-state index in [4.69, 9.17) is 9.47 Å². The first-order chi connectivity index (χ1) is 7.11. The van der Waals surface area contributed by atoms with Gasteiger partial charge in [0.05, 0.1) is 6.42 Å². The first kappa shape index (κ1) is 14.1. The van der Waals surface area contributed by atoms with E-state index in [-0.39, 0.29) is 31.6 Å². The van der Waals surface area contributed by atoms with Gasteiger partial charge in [-0.25, -0.2) is 0 Å². The molecular formula is C10H19NO4. The summed E-state index contributed by atoms with van der Waals surface area (Å²) in [6.45, 7) is 6.46. The molecule has 0 aliphatic carbocycles. The Morgan fingerprint density at radius 1 is 1.07 bits per heavy atom. The Kier molecular flexibility index (Phi) is 7.85. The van der Waals surface area contributed by atoms with Crippen LogP contribution in [0.5, 0.6) is 0 Å². The van der Waals surface area contributed by atoms with Crippen LogP contribution in [-0.2, 0) is 19.1 Å². The monoisotopic (exact) mass is 217 g/mol. The average Bonchev–Trinajstić information content (AvgIpc) is 2.17. The summed E-state index contributed by atoms with van der Waals surface area (Å²) in [5.41, 5.74) is 0. The Morgan fingerprint density at radius 3 is 1.87 bits per heavy atom. The van der Waals surface area contributed by atoms with E-state index >= 15 is 0 Å². The van der Waals surface area contributed by atoms with E-state index in [1.807, 2.05) is 13.8 Å². The normalized spacial score (nSPS) is 10.1. The van der Waals surface area contributed by atoms with Crippen molar-refractivity contribution in [3.63, 3.8) is 0 Å². The van der Waals surface area contributed by atoms with Crippen molar-refractivity contribution in [2.24, 2.45) is 0 Å². The molecule has 0 rings (SSSR count). The molecule has 0 saturated carbocycles. The van der Waals surface area contributed by atoms with Gasteiger partial charge >= 0.3 is 0 Å². The number of hydrogen-bond acceptors (Lipinski definition) is 4. The summed E-state index contributed by atoms with van der Waals surface area (Å²) in [5, 5.41) is 0. The van der Waals surface area contributed by atoms with E-state index in [1.54, 1.807) is 0 Å². The lowest BCUT2D eigenvalue weighted by Crippen LogP contribution is -2.36. The molecule has 0 atom stereocenters. The van der Waals surface area contributed by atoms with Gasteiger partial charge in [-0.1, -0.05) is 0 Å². The molecule has 5 nitrogen and oxygen atoms in total. The Bertz CT molecular complexity index is 198. The molecule has 0 heterocycles. The van der Waals surface area contributed by atoms with E-state index in [1.165, 1.54) is 11.8 Å². The summed E-state index contributed by atoms with van der Waals surface area (Å²) in [4.78, 5) is 23.7. The van der Waals surface area contributed by atoms with Crippen molar-refractivity contribution < 1.29 is 19.1 Å². The number of carbonyl (C=O) groups is 2. The lowest BCUT2D eigenvalue weighted by atomic mass is 10.3. The zero-order valence-electron chi connectivity index (χ0n) is 9.62. The predicted octanol–water partition coefficient (Wildman–Crippen LogP) is 0.782. The van der Waals surface area contributed by atoms with Crippen molar-refractivity contribution in [3.05, 3.63) is 0 Å². The Labute approximate surface area is 90.3 Å². The van der Waals surface area contributed by atoms with Gasteiger partial charge in [0.25, 0.3) is 0 Å². The molecule has 0 unspecified atom stereocenters. The maximum atomic E-state index is 11.5. The van der Waals surface area contributed by atoms with Crippen LogP contribution in [-0.4, -0.2) is 43.3 Å². The van der Waals surface area contributed by atoms with E-state index in [0.717, 1.165) is 0 Å². The number of ether oxygens (including phenoxy) is 2. The molecule has 1 amide bonds. The minimum atomic E-state index is -0.260. The lowest BCUT2D eigenvalue weighted by Gasteiger charge is -2.21. The molecular weight excluding hydrogens is 198 g/mol. The third-order valence-electron chi connectivity index (χ3n) is 1.66. The first-order valence-corrected chi connectivity index (χ1v) is 5.04. The van der Waals surface area contributed by atoms with Gasteiger partial charge in [-0.3, -0.25) is 14.5 Å². The summed E-state index contributed by atoms with van der Waals surface area (Å²) < 4.78 is 10.2. The van der Waals surface area contributed by atoms with Gasteiger partial charge in [-0.05, 0) is 20.8 Å². The Balaban J connectivity index is 4.07. The number of Topliss-reactive ketones (excluding diaryl/α,β-unsaturated/α-hetero) is 1. The maximum absolute atomic E-state index is 11.5. The van der Waals surface area contributed by atoms with Crippen molar-refractivity contribution in [1.29, 1.82) is 0 Å². The van der Waals surface area contributed by atoms with Crippen LogP contribution in [0.25, 0.3) is 0 Å². The van der Waals surface area contributed by atoms with Crippen molar-refractivity contribution >= 4 is 11.7 Å². The smallest absolute Gasteiger partial charge is 0.233 e. The number of rotatable bonds is 8. The number of nitrogens with zero attached hydrogens (tertiary/aromatic N) is 1. The lowest BCUT2D eigenvalue weighted by molar-refractivity contribution is -0.146. The van der Waals surface area contributed by atoms with Gasteiger partial charge in [0.2, 0.25) is 5.91 Å². The van der Waals surface area contributed by atoms with Gasteiger partial charge in [0.15, 0.2) is 0 Å². The topological polar surface area (TPSA) is 55.8 Å². The van der Waals surface area contributed by atoms with Crippen LogP contribution in [0.15, 0.2) is 0 Å². The van der Waals surface area contributed by atoms with Gasteiger partial charge < -0.3 is 9.47 Å². The SMILES string of the molecule is CCOCN(COCC)C(=O)CC(C)=O. The van der Waals surface area contributed by atoms with Gasteiger partial charge in [-0.15, -0.1) is 0 Å². The summed E-state index contributed by atoms with van der Waals surface area (Å²) in [5.74, 6) is -0.414. The number of carbonyl (C=O) groups excluding carboxylic acids is 2. The van der Waals surface area contributed by atoms with E-state index in [9.17, 15) is 9.59 Å². The number of amides is 1. The third-order valence-corrected chi connectivity index (χ3v) is 1.66. The molecule has 0 radical (unpaired) electrons. The fourth-order valence-corrected chi connectivity index (χ4v) is 0.909. The van der Waals surface area contributed by atoms with Crippen LogP contribution in [0.3, 0.4) is 0 Å². The molecule has 0 fully saturated rings. The molecule has 0 aromatic heterocycles. The van der Waals surface area contributed by atoms with Crippen LogP contribution in [0.1, 0.15) is 27.2 Å². The standard InChI is InChI=1S/C10H19NO4/c1-4-14-7-11(8-15-5-2)10(13)6-9(3)12/h4-8H2,1-3H3. The zero-order valence-corrected chi connectivity index (χ0v) is 9.62. The molecule has 5 heteroatoms. The number of ketones is 1. The van der Waals surface area contributed by atoms with Gasteiger partial charge in [0, 0.05) is 13.2 Å². The fraction of sp³-hybridized carbons (Fsp3) is 0.800. The molecule has 88 valence electrons. The Hall–Kier alpha value is -0.940. The fourth-order valence-electron chi connectivity index (χ4n) is 0.909. The second-order valence-corrected chi connectivity index (χ2v) is 3.06. The van der Waals surface area contributed by atoms with E-state index in [0.29, 0.717) is 13.2 Å². The highest BCUT2D eigenvalue weighted by Crippen LogP contribution is 1.97. The highest BCUT2D eigenvalue weighted by molar-refractivity contribution is 5.96. The van der Waals surface area contributed by atoms with E-state index < -0.39 is 0 Å². The first-order valence-electron chi connectivity index (χ1n) is 5.04. The van der Waals surface area contributed by atoms with Crippen molar-refractivity contribution in [1.82, 2.24) is 4.90 Å². The quantitative estimate of drug-likeness (QED) is 0.445. The average molecular weight is 217 g/mol. The van der Waals surface area contributed by atoms with Crippen LogP contribution in [0.2, 0.25) is 0 Å². The third kappa shape index (κ3) is 7.04. The molecule has 0 N–H and O–H groups in total. The van der Waals surface area contributed by atoms with Crippen molar-refractivity contribution in [2.75, 3.05) is 26.7 Å². The predicted molar refractivity (Wildman–Crippen MR) is 55.1 cm³/mol. The van der Waals surface area contributed by atoms with Gasteiger partial charge in [0.1, 0.15) is 19.2 Å². The summed E-state index contributed by atoms with van der Waals surface area (Å²) in [6, 6.07) is 0. The number of hydrogen-bond donors (Lipinski definition) is 0.